The molecule has 2 nitrogen and oxygen atoms in total. The Balaban J connectivity index is 0.000000980. The summed E-state index contributed by atoms with van der Waals surface area (Å²) in [4.78, 5) is 0. The van der Waals surface area contributed by atoms with Gasteiger partial charge >= 0.3 is 0 Å². The fourth-order valence-corrected chi connectivity index (χ4v) is 2.43. The fraction of sp³-hybridized carbons (Fsp3) is 0.300. The highest BCUT2D eigenvalue weighted by atomic mass is 35.5. The molecule has 1 N–H and O–H groups in total. The molecule has 1 aromatic carbocycles. The van der Waals surface area contributed by atoms with Gasteiger partial charge in [-0.25, -0.2) is 0 Å². The third-order valence-corrected chi connectivity index (χ3v) is 3.27. The standard InChI is InChI=1S/C10H10N2S.ClH/c11-7-8-1-3-9(4-2-8)10-12-5-6-13-10;/h1-4,10,12H,5-6H2;1H. The predicted molar refractivity (Wildman–Crippen MR) is 61.6 cm³/mol. The first kappa shape index (κ1) is 11.4. The third kappa shape index (κ3) is 2.42. The van der Waals surface area contributed by atoms with Crippen LogP contribution in [0.5, 0.6) is 0 Å². The molecule has 1 aliphatic rings. The van der Waals surface area contributed by atoms with Crippen molar-refractivity contribution in [3.8, 4) is 6.07 Å². The quantitative estimate of drug-likeness (QED) is 0.799. The lowest BCUT2D eigenvalue weighted by atomic mass is 10.1. The van der Waals surface area contributed by atoms with Crippen LogP contribution >= 0.6 is 24.2 Å². The smallest absolute Gasteiger partial charge is 0.0991 e. The zero-order valence-electron chi connectivity index (χ0n) is 7.56. The minimum atomic E-state index is 0. The maximum atomic E-state index is 8.62. The van der Waals surface area contributed by atoms with Crippen LogP contribution in [0.25, 0.3) is 0 Å². The second-order valence-corrected chi connectivity index (χ2v) is 4.15. The number of hydrogen-bond acceptors (Lipinski definition) is 3. The van der Waals surface area contributed by atoms with E-state index in [1.54, 1.807) is 0 Å². The number of thioether (sulfide) groups is 1. The first-order valence-electron chi connectivity index (χ1n) is 4.25. The number of nitriles is 1. The molecule has 2 rings (SSSR count). The fourth-order valence-electron chi connectivity index (χ4n) is 1.37. The molecule has 0 radical (unpaired) electrons. The van der Waals surface area contributed by atoms with Crippen molar-refractivity contribution in [2.75, 3.05) is 12.3 Å². The van der Waals surface area contributed by atoms with Gasteiger partial charge in [0.2, 0.25) is 0 Å². The summed E-state index contributed by atoms with van der Waals surface area (Å²) in [5.74, 6) is 1.17. The third-order valence-electron chi connectivity index (χ3n) is 2.06. The largest absolute Gasteiger partial charge is 0.301 e. The zero-order chi connectivity index (χ0) is 9.10. The molecule has 0 aromatic heterocycles. The summed E-state index contributed by atoms with van der Waals surface area (Å²) in [6.07, 6.45) is 0. The van der Waals surface area contributed by atoms with Gasteiger partial charge in [-0.2, -0.15) is 5.26 Å². The molecule has 1 atom stereocenters. The topological polar surface area (TPSA) is 35.8 Å². The molecule has 74 valence electrons. The van der Waals surface area contributed by atoms with Crippen molar-refractivity contribution < 1.29 is 0 Å². The summed E-state index contributed by atoms with van der Waals surface area (Å²) in [6.45, 7) is 1.08. The van der Waals surface area contributed by atoms with Crippen LogP contribution in [0, 0.1) is 11.3 Å². The Kier molecular flexibility index (Phi) is 4.27. The van der Waals surface area contributed by atoms with Crippen LogP contribution in [0.3, 0.4) is 0 Å². The van der Waals surface area contributed by atoms with E-state index in [-0.39, 0.29) is 12.4 Å². The molecule has 0 amide bonds. The van der Waals surface area contributed by atoms with E-state index in [4.69, 9.17) is 5.26 Å². The Morgan fingerprint density at radius 1 is 1.36 bits per heavy atom. The maximum absolute atomic E-state index is 8.62. The molecule has 1 heterocycles. The minimum absolute atomic E-state index is 0. The van der Waals surface area contributed by atoms with Gasteiger partial charge in [0.25, 0.3) is 0 Å². The molecule has 1 unspecified atom stereocenters. The normalized spacial score (nSPS) is 19.8. The summed E-state index contributed by atoms with van der Waals surface area (Å²) < 4.78 is 0. The first-order valence-corrected chi connectivity index (χ1v) is 5.30. The van der Waals surface area contributed by atoms with E-state index < -0.39 is 0 Å². The van der Waals surface area contributed by atoms with Gasteiger partial charge in [0.15, 0.2) is 0 Å². The van der Waals surface area contributed by atoms with Crippen molar-refractivity contribution in [1.29, 1.82) is 5.26 Å². The van der Waals surface area contributed by atoms with Gasteiger partial charge in [-0.3, -0.25) is 0 Å². The van der Waals surface area contributed by atoms with Gasteiger partial charge in [0.05, 0.1) is 17.0 Å². The average Bonchev–Trinajstić information content (AvgIpc) is 2.71. The molecule has 0 bridgehead atoms. The molecule has 14 heavy (non-hydrogen) atoms. The lowest BCUT2D eigenvalue weighted by molar-refractivity contribution is 0.751. The maximum Gasteiger partial charge on any atom is 0.0991 e. The van der Waals surface area contributed by atoms with Gasteiger partial charge in [-0.15, -0.1) is 24.2 Å². The summed E-state index contributed by atoms with van der Waals surface area (Å²) in [6, 6.07) is 9.90. The molecule has 0 saturated carbocycles. The highest BCUT2D eigenvalue weighted by molar-refractivity contribution is 7.99. The molecule has 0 aliphatic carbocycles. The van der Waals surface area contributed by atoms with Crippen LogP contribution in [-0.2, 0) is 0 Å². The second-order valence-electron chi connectivity index (χ2n) is 2.94. The second kappa shape index (κ2) is 5.26. The van der Waals surface area contributed by atoms with Crippen molar-refractivity contribution in [2.24, 2.45) is 0 Å². The lowest BCUT2D eigenvalue weighted by Crippen LogP contribution is -2.11. The van der Waals surface area contributed by atoms with Crippen LogP contribution in [0.2, 0.25) is 0 Å². The molecule has 1 saturated heterocycles. The van der Waals surface area contributed by atoms with E-state index in [9.17, 15) is 0 Å². The Morgan fingerprint density at radius 2 is 2.07 bits per heavy atom. The number of nitrogens with one attached hydrogen (secondary N) is 1. The van der Waals surface area contributed by atoms with Crippen LogP contribution < -0.4 is 5.32 Å². The average molecular weight is 227 g/mol. The lowest BCUT2D eigenvalue weighted by Gasteiger charge is -2.08. The van der Waals surface area contributed by atoms with Gasteiger partial charge in [0, 0.05) is 12.3 Å². The zero-order valence-corrected chi connectivity index (χ0v) is 9.20. The van der Waals surface area contributed by atoms with Crippen LogP contribution in [0.15, 0.2) is 24.3 Å². The molecule has 4 heteroatoms. The Bertz CT molecular complexity index is 325. The van der Waals surface area contributed by atoms with Gasteiger partial charge in [0.1, 0.15) is 0 Å². The summed E-state index contributed by atoms with van der Waals surface area (Å²) in [5, 5.41) is 12.4. The van der Waals surface area contributed by atoms with E-state index in [0.717, 1.165) is 12.1 Å². The van der Waals surface area contributed by atoms with E-state index in [1.165, 1.54) is 11.3 Å². The van der Waals surface area contributed by atoms with Gasteiger partial charge in [-0.05, 0) is 17.7 Å². The Morgan fingerprint density at radius 3 is 2.57 bits per heavy atom. The van der Waals surface area contributed by atoms with Crippen molar-refractivity contribution >= 4 is 24.2 Å². The van der Waals surface area contributed by atoms with Gasteiger partial charge < -0.3 is 5.32 Å². The molecule has 1 aromatic rings. The number of halogens is 1. The molecule has 1 aliphatic heterocycles. The number of rotatable bonds is 1. The van der Waals surface area contributed by atoms with Crippen LogP contribution in [0.4, 0.5) is 0 Å². The van der Waals surface area contributed by atoms with Crippen molar-refractivity contribution in [2.45, 2.75) is 5.37 Å². The van der Waals surface area contributed by atoms with E-state index in [0.29, 0.717) is 5.37 Å². The monoisotopic (exact) mass is 226 g/mol. The molecule has 0 spiro atoms. The number of hydrogen-bond donors (Lipinski definition) is 1. The minimum Gasteiger partial charge on any atom is -0.301 e. The molecule has 1 fully saturated rings. The van der Waals surface area contributed by atoms with Crippen molar-refractivity contribution in [1.82, 2.24) is 5.32 Å². The Hall–Kier alpha value is -0.690. The first-order chi connectivity index (χ1) is 6.40. The number of nitrogens with zero attached hydrogens (tertiary/aromatic N) is 1. The van der Waals surface area contributed by atoms with Crippen LogP contribution in [-0.4, -0.2) is 12.3 Å². The SMILES string of the molecule is Cl.N#Cc1ccc(C2NCCS2)cc1. The van der Waals surface area contributed by atoms with Gasteiger partial charge in [-0.1, -0.05) is 12.1 Å². The summed E-state index contributed by atoms with van der Waals surface area (Å²) >= 11 is 1.91. The van der Waals surface area contributed by atoms with Crippen molar-refractivity contribution in [3.63, 3.8) is 0 Å². The summed E-state index contributed by atoms with van der Waals surface area (Å²) in [7, 11) is 0. The highest BCUT2D eigenvalue weighted by Gasteiger charge is 2.15. The summed E-state index contributed by atoms with van der Waals surface area (Å²) in [5.41, 5.74) is 1.99. The molecular weight excluding hydrogens is 216 g/mol. The highest BCUT2D eigenvalue weighted by Crippen LogP contribution is 2.29. The van der Waals surface area contributed by atoms with E-state index in [1.807, 2.05) is 36.0 Å². The van der Waals surface area contributed by atoms with E-state index in [2.05, 4.69) is 11.4 Å². The van der Waals surface area contributed by atoms with E-state index >= 15 is 0 Å². The Labute approximate surface area is 94.1 Å². The van der Waals surface area contributed by atoms with Crippen molar-refractivity contribution in [3.05, 3.63) is 35.4 Å². The number of benzene rings is 1. The van der Waals surface area contributed by atoms with Crippen LogP contribution in [0.1, 0.15) is 16.5 Å². The molecular formula is C10H11ClN2S. The predicted octanol–water partition coefficient (Wildman–Crippen LogP) is 2.32.